The number of benzene rings is 1. The van der Waals surface area contributed by atoms with Crippen molar-refractivity contribution in [1.29, 1.82) is 0 Å². The number of unbranched alkanes of at least 4 members (excludes halogenated alkanes) is 2. The van der Waals surface area contributed by atoms with Crippen molar-refractivity contribution in [2.24, 2.45) is 0 Å². The molecule has 24 heavy (non-hydrogen) atoms. The number of carbonyl (C=O) groups excluding carboxylic acids is 1. The molecule has 0 aliphatic carbocycles. The molecule has 1 amide bonds. The summed E-state index contributed by atoms with van der Waals surface area (Å²) in [6, 6.07) is 6.16. The third kappa shape index (κ3) is 4.61. The first-order chi connectivity index (χ1) is 11.5. The standard InChI is InChI=1S/C16H20N4O4/c1-11(16(23)24)17-14(21)9-3-2-6-10-20-15(22)12-7-4-5-8-13(12)18-19-20/h4-5,7-8,11H,2-3,6,9-10H2,1H3,(H,17,21)(H,23,24). The van der Waals surface area contributed by atoms with E-state index in [1.165, 1.54) is 11.6 Å². The van der Waals surface area contributed by atoms with Gasteiger partial charge in [0.05, 0.1) is 5.39 Å². The number of hydrogen-bond acceptors (Lipinski definition) is 5. The van der Waals surface area contributed by atoms with Gasteiger partial charge < -0.3 is 10.4 Å². The van der Waals surface area contributed by atoms with Gasteiger partial charge in [0.15, 0.2) is 0 Å². The summed E-state index contributed by atoms with van der Waals surface area (Å²) in [6.07, 6.45) is 2.30. The summed E-state index contributed by atoms with van der Waals surface area (Å²) in [6.45, 7) is 1.86. The Morgan fingerprint density at radius 2 is 2.00 bits per heavy atom. The van der Waals surface area contributed by atoms with Crippen molar-refractivity contribution in [2.45, 2.75) is 45.2 Å². The third-order valence-corrected chi connectivity index (χ3v) is 3.65. The topological polar surface area (TPSA) is 114 Å². The Kier molecular flexibility index (Phi) is 6.00. The first kappa shape index (κ1) is 17.6. The van der Waals surface area contributed by atoms with E-state index in [2.05, 4.69) is 15.6 Å². The van der Waals surface area contributed by atoms with Crippen molar-refractivity contribution >= 4 is 22.8 Å². The van der Waals surface area contributed by atoms with Gasteiger partial charge >= 0.3 is 5.97 Å². The highest BCUT2D eigenvalue weighted by Crippen LogP contribution is 2.05. The van der Waals surface area contributed by atoms with Gasteiger partial charge in [0.1, 0.15) is 11.6 Å². The number of hydrogen-bond donors (Lipinski definition) is 2. The van der Waals surface area contributed by atoms with Crippen LogP contribution in [-0.2, 0) is 16.1 Å². The second-order valence-corrected chi connectivity index (χ2v) is 5.57. The molecular weight excluding hydrogens is 312 g/mol. The monoisotopic (exact) mass is 332 g/mol. The maximum absolute atomic E-state index is 12.2. The molecule has 0 saturated carbocycles. The molecule has 2 aromatic rings. The van der Waals surface area contributed by atoms with Crippen LogP contribution in [0.3, 0.4) is 0 Å². The number of carboxylic acid groups (broad SMARTS) is 1. The highest BCUT2D eigenvalue weighted by atomic mass is 16.4. The van der Waals surface area contributed by atoms with Crippen molar-refractivity contribution in [3.63, 3.8) is 0 Å². The first-order valence-electron chi connectivity index (χ1n) is 7.84. The summed E-state index contributed by atoms with van der Waals surface area (Å²) in [4.78, 5) is 34.4. The number of nitrogens with zero attached hydrogens (tertiary/aromatic N) is 3. The maximum Gasteiger partial charge on any atom is 0.325 e. The van der Waals surface area contributed by atoms with E-state index in [4.69, 9.17) is 5.11 Å². The summed E-state index contributed by atoms with van der Waals surface area (Å²) in [5.41, 5.74) is 0.400. The Morgan fingerprint density at radius 3 is 2.75 bits per heavy atom. The lowest BCUT2D eigenvalue weighted by molar-refractivity contribution is -0.141. The Bertz CT molecular complexity index is 787. The van der Waals surface area contributed by atoms with Crippen molar-refractivity contribution < 1.29 is 14.7 Å². The second kappa shape index (κ2) is 8.19. The van der Waals surface area contributed by atoms with Gasteiger partial charge in [0.2, 0.25) is 5.91 Å². The van der Waals surface area contributed by atoms with Crippen molar-refractivity contribution in [3.8, 4) is 0 Å². The van der Waals surface area contributed by atoms with E-state index in [1.807, 2.05) is 0 Å². The smallest absolute Gasteiger partial charge is 0.325 e. The molecule has 0 spiro atoms. The molecule has 1 atom stereocenters. The summed E-state index contributed by atoms with van der Waals surface area (Å²) >= 11 is 0. The quantitative estimate of drug-likeness (QED) is 0.695. The lowest BCUT2D eigenvalue weighted by Crippen LogP contribution is -2.38. The van der Waals surface area contributed by atoms with Gasteiger partial charge in [-0.3, -0.25) is 14.4 Å². The molecule has 0 aliphatic heterocycles. The number of aryl methyl sites for hydroxylation is 1. The van der Waals surface area contributed by atoms with E-state index in [0.29, 0.717) is 30.3 Å². The first-order valence-corrected chi connectivity index (χ1v) is 7.84. The zero-order chi connectivity index (χ0) is 17.5. The second-order valence-electron chi connectivity index (χ2n) is 5.57. The fourth-order valence-electron chi connectivity index (χ4n) is 2.27. The van der Waals surface area contributed by atoms with E-state index in [9.17, 15) is 14.4 Å². The Labute approximate surface area is 138 Å². The minimum atomic E-state index is -1.06. The average molecular weight is 332 g/mol. The van der Waals surface area contributed by atoms with Crippen LogP contribution in [0.2, 0.25) is 0 Å². The number of fused-ring (bicyclic) bond motifs is 1. The van der Waals surface area contributed by atoms with E-state index in [1.54, 1.807) is 24.3 Å². The van der Waals surface area contributed by atoms with Gasteiger partial charge in [-0.15, -0.1) is 5.10 Å². The van der Waals surface area contributed by atoms with Gasteiger partial charge in [-0.05, 0) is 31.9 Å². The van der Waals surface area contributed by atoms with Gasteiger partial charge in [-0.1, -0.05) is 23.8 Å². The van der Waals surface area contributed by atoms with Crippen LogP contribution in [-0.4, -0.2) is 38.0 Å². The number of nitrogens with one attached hydrogen (secondary N) is 1. The van der Waals surface area contributed by atoms with Crippen LogP contribution >= 0.6 is 0 Å². The fourth-order valence-corrected chi connectivity index (χ4v) is 2.27. The normalized spacial score (nSPS) is 12.0. The number of aromatic nitrogens is 3. The number of carbonyl (C=O) groups is 2. The average Bonchev–Trinajstić information content (AvgIpc) is 2.56. The van der Waals surface area contributed by atoms with Crippen LogP contribution < -0.4 is 10.9 Å². The molecule has 1 heterocycles. The molecule has 2 N–H and O–H groups in total. The van der Waals surface area contributed by atoms with Crippen molar-refractivity contribution in [2.75, 3.05) is 0 Å². The maximum atomic E-state index is 12.2. The summed E-state index contributed by atoms with van der Waals surface area (Å²) < 4.78 is 1.33. The van der Waals surface area contributed by atoms with E-state index >= 15 is 0 Å². The van der Waals surface area contributed by atoms with Gasteiger partial charge in [-0.25, -0.2) is 4.68 Å². The van der Waals surface area contributed by atoms with Crippen LogP contribution in [0.5, 0.6) is 0 Å². The number of carboxylic acids is 1. The highest BCUT2D eigenvalue weighted by Gasteiger charge is 2.13. The molecule has 0 saturated heterocycles. The molecule has 0 fully saturated rings. The molecule has 128 valence electrons. The van der Waals surface area contributed by atoms with E-state index < -0.39 is 12.0 Å². The molecule has 0 bridgehead atoms. The minimum Gasteiger partial charge on any atom is -0.480 e. The van der Waals surface area contributed by atoms with E-state index in [0.717, 1.165) is 6.42 Å². The SMILES string of the molecule is CC(NC(=O)CCCCCn1nnc2ccccc2c1=O)C(=O)O. The molecule has 0 aliphatic rings. The summed E-state index contributed by atoms with van der Waals surface area (Å²) in [7, 11) is 0. The Hall–Kier alpha value is -2.77. The molecule has 1 aromatic carbocycles. The lowest BCUT2D eigenvalue weighted by atomic mass is 10.2. The van der Waals surface area contributed by atoms with Crippen LogP contribution in [0.1, 0.15) is 32.6 Å². The highest BCUT2D eigenvalue weighted by molar-refractivity contribution is 5.83. The largest absolute Gasteiger partial charge is 0.480 e. The molecule has 2 rings (SSSR count). The minimum absolute atomic E-state index is 0.173. The van der Waals surface area contributed by atoms with Crippen LogP contribution in [0.25, 0.3) is 10.9 Å². The number of amides is 1. The third-order valence-electron chi connectivity index (χ3n) is 3.65. The lowest BCUT2D eigenvalue weighted by Gasteiger charge is -2.09. The zero-order valence-corrected chi connectivity index (χ0v) is 13.4. The molecule has 1 unspecified atom stereocenters. The molecule has 8 nitrogen and oxygen atoms in total. The van der Waals surface area contributed by atoms with Crippen LogP contribution in [0.4, 0.5) is 0 Å². The van der Waals surface area contributed by atoms with Gasteiger partial charge in [-0.2, -0.15) is 0 Å². The van der Waals surface area contributed by atoms with Crippen molar-refractivity contribution in [3.05, 3.63) is 34.6 Å². The predicted octanol–water partition coefficient (Wildman–Crippen LogP) is 0.941. The fraction of sp³-hybridized carbons (Fsp3) is 0.438. The predicted molar refractivity (Wildman–Crippen MR) is 87.5 cm³/mol. The molecule has 0 radical (unpaired) electrons. The Morgan fingerprint density at radius 1 is 1.25 bits per heavy atom. The number of aliphatic carboxylic acids is 1. The van der Waals surface area contributed by atoms with Gasteiger partial charge in [0, 0.05) is 13.0 Å². The summed E-state index contributed by atoms with van der Waals surface area (Å²) in [5, 5.41) is 19.6. The van der Waals surface area contributed by atoms with Crippen LogP contribution in [0.15, 0.2) is 29.1 Å². The summed E-state index contributed by atoms with van der Waals surface area (Å²) in [5.74, 6) is -1.34. The molecule has 8 heteroatoms. The molecular formula is C16H20N4O4. The van der Waals surface area contributed by atoms with Crippen molar-refractivity contribution in [1.82, 2.24) is 20.3 Å². The Balaban J connectivity index is 1.77. The molecule has 1 aromatic heterocycles. The zero-order valence-electron chi connectivity index (χ0n) is 13.4. The number of rotatable bonds is 8. The van der Waals surface area contributed by atoms with Crippen LogP contribution in [0, 0.1) is 0 Å². The van der Waals surface area contributed by atoms with E-state index in [-0.39, 0.29) is 17.9 Å². The van der Waals surface area contributed by atoms with Gasteiger partial charge in [0.25, 0.3) is 5.56 Å².